The highest BCUT2D eigenvalue weighted by molar-refractivity contribution is 6.16. The average molecular weight is 528 g/mol. The minimum Gasteiger partial charge on any atom is -0.0619 e. The molecule has 0 unspecified atom stereocenters. The highest BCUT2D eigenvalue weighted by atomic mass is 14.2. The average Bonchev–Trinajstić information content (AvgIpc) is 3.12. The number of rotatable bonds is 4. The normalized spacial score (nSPS) is 13.9. The maximum atomic E-state index is 9.01. The lowest BCUT2D eigenvalue weighted by molar-refractivity contribution is 1.23. The first kappa shape index (κ1) is 17.5. The Hall–Kier alpha value is -5.20. The molecule has 0 saturated heterocycles. The molecular formula is C41H28. The molecule has 41 heavy (non-hydrogen) atoms. The Balaban J connectivity index is 1.41. The molecule has 0 N–H and O–H groups in total. The molecule has 8 aromatic rings. The van der Waals surface area contributed by atoms with Crippen LogP contribution in [0.4, 0.5) is 0 Å². The van der Waals surface area contributed by atoms with E-state index in [0.717, 1.165) is 43.8 Å². The Morgan fingerprint density at radius 3 is 1.88 bits per heavy atom. The van der Waals surface area contributed by atoms with Crippen LogP contribution in [0.15, 0.2) is 158 Å². The summed E-state index contributed by atoms with van der Waals surface area (Å²) in [6, 6.07) is 36.8. The summed E-state index contributed by atoms with van der Waals surface area (Å²) in [5.74, 6) is 0. The van der Waals surface area contributed by atoms with Gasteiger partial charge < -0.3 is 0 Å². The van der Waals surface area contributed by atoms with E-state index in [0.29, 0.717) is 12.0 Å². The van der Waals surface area contributed by atoms with Crippen LogP contribution in [0.25, 0.3) is 65.3 Å². The van der Waals surface area contributed by atoms with E-state index < -0.39 is 12.1 Å². The Labute approximate surface area is 250 Å². The van der Waals surface area contributed by atoms with Crippen molar-refractivity contribution in [1.82, 2.24) is 0 Å². The van der Waals surface area contributed by atoms with E-state index >= 15 is 0 Å². The van der Waals surface area contributed by atoms with Gasteiger partial charge in [0.1, 0.15) is 0 Å². The third-order valence-electron chi connectivity index (χ3n) is 8.05. The van der Waals surface area contributed by atoms with E-state index in [2.05, 4.69) is 72.8 Å². The standard InChI is InChI=1S/C41H28/c1-2-14-30-26-32(25-24-28(30)12-1)41-38-21-9-7-19-36(38)40(37-20-8-10-22-39(37)41)27-31-15-4-6-18-34(31)35-23-11-16-29-13-3-5-17-33(29)35/h1-26H,27H2/i3D,5D,11D,13D,16D,17D,23D. The molecule has 8 rings (SSSR count). The fourth-order valence-corrected chi connectivity index (χ4v) is 6.19. The minimum absolute atomic E-state index is 0.0394. The zero-order chi connectivity index (χ0) is 33.3. The quantitative estimate of drug-likeness (QED) is 0.200. The first-order chi connectivity index (χ1) is 23.3. The molecule has 0 amide bonds. The third kappa shape index (κ3) is 4.00. The van der Waals surface area contributed by atoms with Crippen molar-refractivity contribution in [1.29, 1.82) is 0 Å². The monoisotopic (exact) mass is 527 g/mol. The summed E-state index contributed by atoms with van der Waals surface area (Å²) < 4.78 is 60.3. The topological polar surface area (TPSA) is 0 Å². The summed E-state index contributed by atoms with van der Waals surface area (Å²) in [5.41, 5.74) is 5.09. The van der Waals surface area contributed by atoms with Gasteiger partial charge in [0.05, 0.1) is 9.60 Å². The van der Waals surface area contributed by atoms with Crippen molar-refractivity contribution in [2.24, 2.45) is 0 Å². The molecule has 0 aliphatic carbocycles. The van der Waals surface area contributed by atoms with Gasteiger partial charge in [-0.1, -0.05) is 151 Å². The molecule has 0 saturated carbocycles. The largest absolute Gasteiger partial charge is 0.0629 e. The van der Waals surface area contributed by atoms with Crippen molar-refractivity contribution in [2.75, 3.05) is 0 Å². The van der Waals surface area contributed by atoms with Crippen LogP contribution in [0.1, 0.15) is 20.7 Å². The van der Waals surface area contributed by atoms with Crippen molar-refractivity contribution in [2.45, 2.75) is 6.42 Å². The van der Waals surface area contributed by atoms with E-state index in [9.17, 15) is 0 Å². The summed E-state index contributed by atoms with van der Waals surface area (Å²) in [4.78, 5) is 0. The first-order valence-electron chi connectivity index (χ1n) is 17.3. The molecule has 0 radical (unpaired) electrons. The number of benzene rings is 8. The zero-order valence-corrected chi connectivity index (χ0v) is 22.2. The molecule has 0 bridgehead atoms. The van der Waals surface area contributed by atoms with Gasteiger partial charge in [-0.2, -0.15) is 0 Å². The van der Waals surface area contributed by atoms with Crippen LogP contribution in [0, 0.1) is 0 Å². The molecule has 0 atom stereocenters. The van der Waals surface area contributed by atoms with Crippen LogP contribution in [-0.2, 0) is 6.42 Å². The van der Waals surface area contributed by atoms with E-state index in [1.165, 1.54) is 10.8 Å². The van der Waals surface area contributed by atoms with Gasteiger partial charge in [0.2, 0.25) is 0 Å². The highest BCUT2D eigenvalue weighted by Crippen LogP contribution is 2.42. The predicted octanol–water partition coefficient (Wildman–Crippen LogP) is 11.2. The van der Waals surface area contributed by atoms with Gasteiger partial charge in [-0.25, -0.2) is 0 Å². The second-order valence-electron chi connectivity index (χ2n) is 10.3. The smallest absolute Gasteiger partial charge is 0.0619 e. The van der Waals surface area contributed by atoms with Crippen LogP contribution in [0.5, 0.6) is 0 Å². The van der Waals surface area contributed by atoms with E-state index in [4.69, 9.17) is 9.60 Å². The molecule has 0 heteroatoms. The predicted molar refractivity (Wildman–Crippen MR) is 177 cm³/mol. The van der Waals surface area contributed by atoms with E-state index in [-0.39, 0.29) is 46.5 Å². The molecule has 8 aromatic carbocycles. The van der Waals surface area contributed by atoms with Gasteiger partial charge in [-0.3, -0.25) is 0 Å². The van der Waals surface area contributed by atoms with Crippen LogP contribution in [0.3, 0.4) is 0 Å². The Kier molecular flexibility index (Phi) is 4.16. The fraction of sp³-hybridized carbons (Fsp3) is 0.0244. The van der Waals surface area contributed by atoms with Gasteiger partial charge in [-0.15, -0.1) is 0 Å². The molecule has 0 heterocycles. The van der Waals surface area contributed by atoms with Gasteiger partial charge in [0, 0.05) is 0 Å². The lowest BCUT2D eigenvalue weighted by Crippen LogP contribution is -1.97. The van der Waals surface area contributed by atoms with Gasteiger partial charge in [-0.05, 0) is 89.0 Å². The molecule has 192 valence electrons. The van der Waals surface area contributed by atoms with Crippen LogP contribution in [-0.4, -0.2) is 0 Å². The summed E-state index contributed by atoms with van der Waals surface area (Å²) in [6.07, 6.45) is 0.470. The number of hydrogen-bond acceptors (Lipinski definition) is 0. The van der Waals surface area contributed by atoms with Crippen molar-refractivity contribution in [3.63, 3.8) is 0 Å². The molecule has 0 aliphatic rings. The fourth-order valence-electron chi connectivity index (χ4n) is 6.19. The van der Waals surface area contributed by atoms with E-state index in [1.807, 2.05) is 42.5 Å². The minimum atomic E-state index is -0.457. The highest BCUT2D eigenvalue weighted by Gasteiger charge is 2.17. The first-order valence-corrected chi connectivity index (χ1v) is 13.8. The summed E-state index contributed by atoms with van der Waals surface area (Å²) in [6.45, 7) is 0. The van der Waals surface area contributed by atoms with Crippen LogP contribution < -0.4 is 0 Å². The Morgan fingerprint density at radius 1 is 0.439 bits per heavy atom. The molecule has 0 aliphatic heterocycles. The zero-order valence-electron chi connectivity index (χ0n) is 29.2. The van der Waals surface area contributed by atoms with Crippen molar-refractivity contribution in [3.8, 4) is 22.3 Å². The number of hydrogen-bond donors (Lipinski definition) is 0. The third-order valence-corrected chi connectivity index (χ3v) is 8.05. The summed E-state index contributed by atoms with van der Waals surface area (Å²) in [5, 5.41) is 6.83. The lowest BCUT2D eigenvalue weighted by Gasteiger charge is -2.19. The Bertz CT molecular complexity index is 2560. The van der Waals surface area contributed by atoms with Gasteiger partial charge in [0.15, 0.2) is 0 Å². The summed E-state index contributed by atoms with van der Waals surface area (Å²) in [7, 11) is 0. The molecular weight excluding hydrogens is 492 g/mol. The second-order valence-corrected chi connectivity index (χ2v) is 10.3. The van der Waals surface area contributed by atoms with Crippen molar-refractivity contribution >= 4 is 43.1 Å². The molecule has 0 aromatic heterocycles. The van der Waals surface area contributed by atoms with Crippen LogP contribution in [0.2, 0.25) is 0 Å². The summed E-state index contributed by atoms with van der Waals surface area (Å²) >= 11 is 0. The maximum Gasteiger partial charge on any atom is 0.0629 e. The van der Waals surface area contributed by atoms with Crippen molar-refractivity contribution < 1.29 is 9.60 Å². The van der Waals surface area contributed by atoms with Gasteiger partial charge >= 0.3 is 0 Å². The van der Waals surface area contributed by atoms with Crippen molar-refractivity contribution in [3.05, 3.63) is 169 Å². The van der Waals surface area contributed by atoms with E-state index in [1.54, 1.807) is 0 Å². The van der Waals surface area contributed by atoms with Gasteiger partial charge in [0.25, 0.3) is 0 Å². The second kappa shape index (κ2) is 9.77. The van der Waals surface area contributed by atoms with Crippen LogP contribution >= 0.6 is 0 Å². The maximum absolute atomic E-state index is 9.01. The molecule has 0 nitrogen and oxygen atoms in total. The molecule has 0 fully saturated rings. The Morgan fingerprint density at radius 2 is 1.07 bits per heavy atom. The SMILES string of the molecule is [2H]c1c([2H])c([2H])c2c(-c3ccccc3Cc3c4ccccc4c(-c4ccc5ccccc5c4)c4ccccc34)c([2H])c([2H])c([2H])c2c1[2H]. The number of fused-ring (bicyclic) bond motifs is 4. The lowest BCUT2D eigenvalue weighted by atomic mass is 9.84. The molecule has 0 spiro atoms.